The Morgan fingerprint density at radius 1 is 1.10 bits per heavy atom. The van der Waals surface area contributed by atoms with Crippen LogP contribution in [0.1, 0.15) is 31.7 Å². The number of rotatable bonds is 9. The molecule has 0 fully saturated rings. The van der Waals surface area contributed by atoms with Gasteiger partial charge in [-0.25, -0.2) is 0 Å². The number of hydrogen-bond donors (Lipinski definition) is 1. The van der Waals surface area contributed by atoms with E-state index in [0.717, 1.165) is 24.9 Å². The summed E-state index contributed by atoms with van der Waals surface area (Å²) in [4.78, 5) is 11.7. The van der Waals surface area contributed by atoms with Gasteiger partial charge in [0.2, 0.25) is 11.7 Å². The third-order valence-electron chi connectivity index (χ3n) is 3.22. The van der Waals surface area contributed by atoms with E-state index >= 15 is 0 Å². The zero-order valence-corrected chi connectivity index (χ0v) is 13.3. The minimum absolute atomic E-state index is 0.0669. The molecule has 1 rings (SSSR count). The topological polar surface area (TPSA) is 56.8 Å². The van der Waals surface area contributed by atoms with Crippen LogP contribution in [0.2, 0.25) is 0 Å². The lowest BCUT2D eigenvalue weighted by Crippen LogP contribution is -2.24. The number of carbonyl (C=O) groups excluding carboxylic acids is 1. The van der Waals surface area contributed by atoms with Crippen LogP contribution in [0, 0.1) is 0 Å². The summed E-state index contributed by atoms with van der Waals surface area (Å²) in [6, 6.07) is 3.75. The molecule has 5 heteroatoms. The van der Waals surface area contributed by atoms with Gasteiger partial charge in [0.25, 0.3) is 0 Å². The minimum Gasteiger partial charge on any atom is -0.493 e. The Balaban J connectivity index is 2.69. The average molecular weight is 295 g/mol. The first-order chi connectivity index (χ1) is 10.2. The average Bonchev–Trinajstić information content (AvgIpc) is 2.51. The molecule has 1 N–H and O–H groups in total. The molecule has 0 heterocycles. The monoisotopic (exact) mass is 295 g/mol. The second-order valence-corrected chi connectivity index (χ2v) is 4.74. The highest BCUT2D eigenvalue weighted by atomic mass is 16.5. The van der Waals surface area contributed by atoms with E-state index in [1.54, 1.807) is 21.3 Å². The smallest absolute Gasteiger partial charge is 0.220 e. The van der Waals surface area contributed by atoms with Crippen LogP contribution in [0.4, 0.5) is 0 Å². The lowest BCUT2D eigenvalue weighted by atomic mass is 10.1. The third-order valence-corrected chi connectivity index (χ3v) is 3.22. The van der Waals surface area contributed by atoms with E-state index < -0.39 is 0 Å². The summed E-state index contributed by atoms with van der Waals surface area (Å²) in [6.45, 7) is 2.84. The maximum absolute atomic E-state index is 11.7. The lowest BCUT2D eigenvalue weighted by Gasteiger charge is -2.14. The first-order valence-corrected chi connectivity index (χ1v) is 7.21. The van der Waals surface area contributed by atoms with Crippen molar-refractivity contribution < 1.29 is 19.0 Å². The molecule has 21 heavy (non-hydrogen) atoms. The van der Waals surface area contributed by atoms with Gasteiger partial charge in [-0.2, -0.15) is 0 Å². The van der Waals surface area contributed by atoms with Crippen molar-refractivity contribution in [3.63, 3.8) is 0 Å². The summed E-state index contributed by atoms with van der Waals surface area (Å²) in [5, 5.41) is 2.91. The Labute approximate surface area is 126 Å². The Morgan fingerprint density at radius 2 is 1.71 bits per heavy atom. The molecule has 0 unspecified atom stereocenters. The van der Waals surface area contributed by atoms with Gasteiger partial charge in [-0.1, -0.05) is 13.3 Å². The number of amides is 1. The molecule has 0 saturated carbocycles. The number of benzene rings is 1. The molecular weight excluding hydrogens is 270 g/mol. The molecule has 0 aliphatic carbocycles. The largest absolute Gasteiger partial charge is 0.493 e. The Hall–Kier alpha value is -1.91. The van der Waals surface area contributed by atoms with E-state index in [1.165, 1.54) is 0 Å². The molecule has 1 aromatic carbocycles. The Morgan fingerprint density at radius 3 is 2.19 bits per heavy atom. The molecule has 0 atom stereocenters. The lowest BCUT2D eigenvalue weighted by molar-refractivity contribution is -0.121. The van der Waals surface area contributed by atoms with Crippen LogP contribution in [0.25, 0.3) is 0 Å². The molecule has 0 saturated heterocycles. The van der Waals surface area contributed by atoms with Gasteiger partial charge >= 0.3 is 0 Å². The van der Waals surface area contributed by atoms with Crippen LogP contribution in [0.15, 0.2) is 12.1 Å². The first-order valence-electron chi connectivity index (χ1n) is 7.21. The fourth-order valence-electron chi connectivity index (χ4n) is 2.03. The van der Waals surface area contributed by atoms with Crippen molar-refractivity contribution in [3.8, 4) is 17.2 Å². The highest BCUT2D eigenvalue weighted by Crippen LogP contribution is 2.38. The molecule has 0 aliphatic heterocycles. The van der Waals surface area contributed by atoms with Crippen LogP contribution in [-0.2, 0) is 11.2 Å². The maximum atomic E-state index is 11.7. The highest BCUT2D eigenvalue weighted by molar-refractivity contribution is 5.76. The quantitative estimate of drug-likeness (QED) is 0.711. The molecule has 0 spiro atoms. The number of aryl methyl sites for hydroxylation is 1. The summed E-state index contributed by atoms with van der Waals surface area (Å²) in [7, 11) is 4.73. The predicted octanol–water partition coefficient (Wildman–Crippen LogP) is 2.56. The van der Waals surface area contributed by atoms with Crippen LogP contribution >= 0.6 is 0 Å². The highest BCUT2D eigenvalue weighted by Gasteiger charge is 2.13. The van der Waals surface area contributed by atoms with Gasteiger partial charge in [0.1, 0.15) is 0 Å². The standard InChI is InChI=1S/C16H25NO4/c1-5-6-9-17-15(18)8-7-12-10-13(19-2)16(21-4)14(11-12)20-3/h10-11H,5-9H2,1-4H3,(H,17,18). The van der Waals surface area contributed by atoms with Crippen LogP contribution < -0.4 is 19.5 Å². The Kier molecular flexibility index (Phi) is 7.43. The van der Waals surface area contributed by atoms with E-state index in [1.807, 2.05) is 12.1 Å². The second kappa shape index (κ2) is 9.10. The van der Waals surface area contributed by atoms with Gasteiger partial charge in [-0.05, 0) is 30.5 Å². The van der Waals surface area contributed by atoms with E-state index in [-0.39, 0.29) is 5.91 Å². The third kappa shape index (κ3) is 5.17. The molecule has 0 bridgehead atoms. The number of unbranched alkanes of at least 4 members (excludes halogenated alkanes) is 1. The zero-order chi connectivity index (χ0) is 15.7. The summed E-state index contributed by atoms with van der Waals surface area (Å²) < 4.78 is 15.9. The molecule has 1 amide bonds. The molecular formula is C16H25NO4. The first kappa shape index (κ1) is 17.1. The number of hydrogen-bond acceptors (Lipinski definition) is 4. The summed E-state index contributed by atoms with van der Waals surface area (Å²) in [6.07, 6.45) is 3.17. The summed E-state index contributed by atoms with van der Waals surface area (Å²) in [5.41, 5.74) is 0.982. The normalized spacial score (nSPS) is 10.1. The Bertz CT molecular complexity index is 435. The van der Waals surface area contributed by atoms with E-state index in [0.29, 0.717) is 30.1 Å². The molecule has 5 nitrogen and oxygen atoms in total. The molecule has 118 valence electrons. The van der Waals surface area contributed by atoms with Gasteiger partial charge in [-0.15, -0.1) is 0 Å². The van der Waals surface area contributed by atoms with Gasteiger partial charge in [0, 0.05) is 13.0 Å². The number of methoxy groups -OCH3 is 3. The van der Waals surface area contributed by atoms with Gasteiger partial charge in [0.05, 0.1) is 21.3 Å². The second-order valence-electron chi connectivity index (χ2n) is 4.74. The predicted molar refractivity (Wildman–Crippen MR) is 82.3 cm³/mol. The van der Waals surface area contributed by atoms with Crippen molar-refractivity contribution in [2.24, 2.45) is 0 Å². The van der Waals surface area contributed by atoms with E-state index in [9.17, 15) is 4.79 Å². The van der Waals surface area contributed by atoms with Crippen molar-refractivity contribution in [1.29, 1.82) is 0 Å². The minimum atomic E-state index is 0.0669. The van der Waals surface area contributed by atoms with Crippen molar-refractivity contribution >= 4 is 5.91 Å². The van der Waals surface area contributed by atoms with E-state index in [4.69, 9.17) is 14.2 Å². The summed E-state index contributed by atoms with van der Waals surface area (Å²) in [5.74, 6) is 1.85. The maximum Gasteiger partial charge on any atom is 0.220 e. The van der Waals surface area contributed by atoms with E-state index in [2.05, 4.69) is 12.2 Å². The van der Waals surface area contributed by atoms with Crippen molar-refractivity contribution in [3.05, 3.63) is 17.7 Å². The SMILES string of the molecule is CCCCNC(=O)CCc1cc(OC)c(OC)c(OC)c1. The van der Waals surface area contributed by atoms with Crippen molar-refractivity contribution in [2.45, 2.75) is 32.6 Å². The molecule has 0 aliphatic rings. The van der Waals surface area contributed by atoms with Crippen molar-refractivity contribution in [1.82, 2.24) is 5.32 Å². The van der Waals surface area contributed by atoms with Crippen molar-refractivity contribution in [2.75, 3.05) is 27.9 Å². The molecule has 0 aromatic heterocycles. The van der Waals surface area contributed by atoms with Crippen LogP contribution in [-0.4, -0.2) is 33.8 Å². The number of carbonyl (C=O) groups is 1. The van der Waals surface area contributed by atoms with Gasteiger partial charge < -0.3 is 19.5 Å². The fourth-order valence-corrected chi connectivity index (χ4v) is 2.03. The van der Waals surface area contributed by atoms with Gasteiger partial charge in [-0.3, -0.25) is 4.79 Å². The zero-order valence-electron chi connectivity index (χ0n) is 13.3. The number of nitrogens with one attached hydrogen (secondary N) is 1. The van der Waals surface area contributed by atoms with Crippen LogP contribution in [0.3, 0.4) is 0 Å². The van der Waals surface area contributed by atoms with Gasteiger partial charge in [0.15, 0.2) is 11.5 Å². The fraction of sp³-hybridized carbons (Fsp3) is 0.562. The number of ether oxygens (including phenoxy) is 3. The summed E-state index contributed by atoms with van der Waals surface area (Å²) >= 11 is 0. The van der Waals surface area contributed by atoms with Crippen LogP contribution in [0.5, 0.6) is 17.2 Å². The molecule has 1 aromatic rings. The molecule has 0 radical (unpaired) electrons.